The molecule has 5 nitrogen and oxygen atoms in total. The highest BCUT2D eigenvalue weighted by Crippen LogP contribution is 2.29. The molecule has 1 aliphatic rings. The predicted molar refractivity (Wildman–Crippen MR) is 91.3 cm³/mol. The van der Waals surface area contributed by atoms with Crippen LogP contribution in [0.15, 0.2) is 29.6 Å². The van der Waals surface area contributed by atoms with E-state index < -0.39 is 0 Å². The second kappa shape index (κ2) is 6.91. The number of carbonyl (C=O) groups is 2. The maximum atomic E-state index is 11.6. The third kappa shape index (κ3) is 4.39. The van der Waals surface area contributed by atoms with E-state index >= 15 is 0 Å². The van der Waals surface area contributed by atoms with Crippen LogP contribution in [0.5, 0.6) is 0 Å². The van der Waals surface area contributed by atoms with Crippen LogP contribution in [-0.4, -0.2) is 23.3 Å². The quantitative estimate of drug-likeness (QED) is 0.856. The fraction of sp³-hybridized carbons (Fsp3) is 0.353. The van der Waals surface area contributed by atoms with Gasteiger partial charge in [-0.15, -0.1) is 11.3 Å². The van der Waals surface area contributed by atoms with Crippen molar-refractivity contribution in [2.75, 3.05) is 11.9 Å². The van der Waals surface area contributed by atoms with E-state index in [0.717, 1.165) is 41.2 Å². The normalized spacial score (nSPS) is 13.6. The zero-order chi connectivity index (χ0) is 16.2. The number of anilines is 1. The molecule has 0 spiro atoms. The van der Waals surface area contributed by atoms with Gasteiger partial charge in [0, 0.05) is 42.4 Å². The summed E-state index contributed by atoms with van der Waals surface area (Å²) in [6, 6.07) is 7.64. The molecule has 2 aromatic rings. The molecule has 23 heavy (non-hydrogen) atoms. The molecule has 2 amide bonds. The molecular formula is C17H19N3O2S. The summed E-state index contributed by atoms with van der Waals surface area (Å²) in [6.45, 7) is 2.12. The molecule has 0 unspecified atom stereocenters. The molecule has 0 saturated heterocycles. The van der Waals surface area contributed by atoms with Gasteiger partial charge in [-0.1, -0.05) is 12.1 Å². The van der Waals surface area contributed by atoms with E-state index in [1.165, 1.54) is 6.92 Å². The summed E-state index contributed by atoms with van der Waals surface area (Å²) in [6.07, 6.45) is 2.79. The van der Waals surface area contributed by atoms with Crippen molar-refractivity contribution in [2.24, 2.45) is 5.92 Å². The molecule has 1 heterocycles. The molecule has 0 bridgehead atoms. The van der Waals surface area contributed by atoms with Crippen molar-refractivity contribution >= 4 is 28.8 Å². The fourth-order valence-electron chi connectivity index (χ4n) is 2.29. The Labute approximate surface area is 139 Å². The number of carbonyl (C=O) groups excluding carboxylic acids is 2. The lowest BCUT2D eigenvalue weighted by molar-refractivity contribution is -0.122. The van der Waals surface area contributed by atoms with Crippen LogP contribution in [0.3, 0.4) is 0 Å². The lowest BCUT2D eigenvalue weighted by Gasteiger charge is -2.04. The minimum Gasteiger partial charge on any atom is -0.355 e. The van der Waals surface area contributed by atoms with Crippen molar-refractivity contribution in [1.29, 1.82) is 0 Å². The molecule has 1 aliphatic carbocycles. The smallest absolute Gasteiger partial charge is 0.223 e. The number of aromatic nitrogens is 1. The molecule has 1 aromatic heterocycles. The molecule has 2 N–H and O–H groups in total. The monoisotopic (exact) mass is 329 g/mol. The first kappa shape index (κ1) is 15.7. The lowest BCUT2D eigenvalue weighted by atomic mass is 10.2. The number of benzene rings is 1. The van der Waals surface area contributed by atoms with Gasteiger partial charge in [0.2, 0.25) is 11.8 Å². The molecule has 1 fully saturated rings. The highest BCUT2D eigenvalue weighted by molar-refractivity contribution is 7.13. The van der Waals surface area contributed by atoms with Gasteiger partial charge in [0.25, 0.3) is 0 Å². The van der Waals surface area contributed by atoms with Crippen molar-refractivity contribution < 1.29 is 9.59 Å². The van der Waals surface area contributed by atoms with Crippen LogP contribution in [0, 0.1) is 5.92 Å². The summed E-state index contributed by atoms with van der Waals surface area (Å²) in [5, 5.41) is 8.66. The standard InChI is InChI=1S/C17H19N3O2S/c1-11(21)19-14-4-2-3-13(9-14)17-20-15(10-23-17)7-8-18-16(22)12-5-6-12/h2-4,9-10,12H,5-8H2,1H3,(H,18,22)(H,19,21). The Kier molecular flexibility index (Phi) is 4.71. The number of rotatable bonds is 6. The molecule has 1 aromatic carbocycles. The summed E-state index contributed by atoms with van der Waals surface area (Å²) < 4.78 is 0. The molecular weight excluding hydrogens is 310 g/mol. The lowest BCUT2D eigenvalue weighted by Crippen LogP contribution is -2.26. The van der Waals surface area contributed by atoms with Crippen LogP contribution in [0.25, 0.3) is 10.6 Å². The Morgan fingerprint density at radius 3 is 2.91 bits per heavy atom. The third-order valence-electron chi connectivity index (χ3n) is 3.61. The highest BCUT2D eigenvalue weighted by atomic mass is 32.1. The fourth-order valence-corrected chi connectivity index (χ4v) is 3.14. The zero-order valence-corrected chi connectivity index (χ0v) is 13.8. The molecule has 1 saturated carbocycles. The maximum absolute atomic E-state index is 11.6. The van der Waals surface area contributed by atoms with Crippen molar-refractivity contribution in [1.82, 2.24) is 10.3 Å². The van der Waals surface area contributed by atoms with E-state index in [0.29, 0.717) is 6.54 Å². The van der Waals surface area contributed by atoms with Crippen LogP contribution in [-0.2, 0) is 16.0 Å². The van der Waals surface area contributed by atoms with Crippen LogP contribution >= 0.6 is 11.3 Å². The summed E-state index contributed by atoms with van der Waals surface area (Å²) in [5.74, 6) is 0.328. The first-order valence-electron chi connectivity index (χ1n) is 7.72. The topological polar surface area (TPSA) is 71.1 Å². The third-order valence-corrected chi connectivity index (χ3v) is 4.55. The van der Waals surface area contributed by atoms with Gasteiger partial charge in [-0.3, -0.25) is 9.59 Å². The van der Waals surface area contributed by atoms with E-state index in [-0.39, 0.29) is 17.7 Å². The molecule has 3 rings (SSSR count). The molecule has 0 radical (unpaired) electrons. The SMILES string of the molecule is CC(=O)Nc1cccc(-c2nc(CCNC(=O)C3CC3)cs2)c1. The minimum absolute atomic E-state index is 0.0895. The van der Waals surface area contributed by atoms with E-state index in [1.807, 2.05) is 29.6 Å². The highest BCUT2D eigenvalue weighted by Gasteiger charge is 2.29. The predicted octanol–water partition coefficient (Wildman–Crippen LogP) is 2.84. The van der Waals surface area contributed by atoms with Gasteiger partial charge in [-0.2, -0.15) is 0 Å². The van der Waals surface area contributed by atoms with E-state index in [2.05, 4.69) is 15.6 Å². The van der Waals surface area contributed by atoms with Crippen molar-refractivity contribution in [3.8, 4) is 10.6 Å². The summed E-state index contributed by atoms with van der Waals surface area (Å²) in [7, 11) is 0. The van der Waals surface area contributed by atoms with Gasteiger partial charge < -0.3 is 10.6 Å². The van der Waals surface area contributed by atoms with Gasteiger partial charge in [-0.25, -0.2) is 4.98 Å². The minimum atomic E-state index is -0.0895. The number of nitrogens with one attached hydrogen (secondary N) is 2. The molecule has 0 atom stereocenters. The Balaban J connectivity index is 1.59. The number of hydrogen-bond donors (Lipinski definition) is 2. The summed E-state index contributed by atoms with van der Waals surface area (Å²) in [4.78, 5) is 27.3. The summed E-state index contributed by atoms with van der Waals surface area (Å²) in [5.41, 5.74) is 2.73. The second-order valence-electron chi connectivity index (χ2n) is 5.72. The Morgan fingerprint density at radius 1 is 1.35 bits per heavy atom. The first-order chi connectivity index (χ1) is 11.1. The molecule has 0 aliphatic heterocycles. The van der Waals surface area contributed by atoms with Crippen LogP contribution in [0.1, 0.15) is 25.5 Å². The second-order valence-corrected chi connectivity index (χ2v) is 6.58. The number of nitrogens with zero attached hydrogens (tertiary/aromatic N) is 1. The summed E-state index contributed by atoms with van der Waals surface area (Å²) >= 11 is 1.57. The van der Waals surface area contributed by atoms with E-state index in [1.54, 1.807) is 11.3 Å². The number of thiazole rings is 1. The van der Waals surface area contributed by atoms with Crippen LogP contribution in [0.4, 0.5) is 5.69 Å². The Hall–Kier alpha value is -2.21. The maximum Gasteiger partial charge on any atom is 0.223 e. The average molecular weight is 329 g/mol. The van der Waals surface area contributed by atoms with Gasteiger partial charge in [0.1, 0.15) is 5.01 Å². The van der Waals surface area contributed by atoms with Crippen molar-refractivity contribution in [2.45, 2.75) is 26.2 Å². The van der Waals surface area contributed by atoms with Crippen LogP contribution in [0.2, 0.25) is 0 Å². The molecule has 6 heteroatoms. The van der Waals surface area contributed by atoms with Crippen molar-refractivity contribution in [3.05, 3.63) is 35.3 Å². The average Bonchev–Trinajstić information content (AvgIpc) is 3.26. The van der Waals surface area contributed by atoms with Crippen LogP contribution < -0.4 is 10.6 Å². The van der Waals surface area contributed by atoms with Gasteiger partial charge >= 0.3 is 0 Å². The number of hydrogen-bond acceptors (Lipinski definition) is 4. The first-order valence-corrected chi connectivity index (χ1v) is 8.60. The van der Waals surface area contributed by atoms with Crippen molar-refractivity contribution in [3.63, 3.8) is 0 Å². The van der Waals surface area contributed by atoms with Gasteiger partial charge in [0.15, 0.2) is 0 Å². The largest absolute Gasteiger partial charge is 0.355 e. The van der Waals surface area contributed by atoms with E-state index in [4.69, 9.17) is 0 Å². The number of amides is 2. The Morgan fingerprint density at radius 2 is 2.17 bits per heavy atom. The van der Waals surface area contributed by atoms with Gasteiger partial charge in [0.05, 0.1) is 5.69 Å². The zero-order valence-electron chi connectivity index (χ0n) is 13.0. The van der Waals surface area contributed by atoms with E-state index in [9.17, 15) is 9.59 Å². The molecule has 120 valence electrons. The Bertz CT molecular complexity index is 722. The van der Waals surface area contributed by atoms with Gasteiger partial charge in [-0.05, 0) is 25.0 Å².